The van der Waals surface area contributed by atoms with Crippen LogP contribution < -0.4 is 21.8 Å². The van der Waals surface area contributed by atoms with Gasteiger partial charge in [-0.2, -0.15) is 5.10 Å². The van der Waals surface area contributed by atoms with E-state index in [1.54, 1.807) is 0 Å². The average Bonchev–Trinajstić information content (AvgIpc) is 3.00. The number of para-hydroxylation sites is 1. The van der Waals surface area contributed by atoms with E-state index in [9.17, 15) is 4.79 Å². The lowest BCUT2D eigenvalue weighted by atomic mass is 10.1. The van der Waals surface area contributed by atoms with Crippen LogP contribution in [-0.2, 0) is 0 Å². The molecule has 0 amide bonds. The second kappa shape index (κ2) is 6.45. The van der Waals surface area contributed by atoms with Gasteiger partial charge < -0.3 is 0 Å². The highest BCUT2D eigenvalue weighted by Crippen LogP contribution is 2.22. The first-order valence-electron chi connectivity index (χ1n) is 7.73. The maximum Gasteiger partial charge on any atom is 0.319 e. The zero-order valence-electron chi connectivity index (χ0n) is 13.1. The fraction of sp³-hybridized carbons (Fsp3) is 0. The van der Waals surface area contributed by atoms with Crippen molar-refractivity contribution in [3.05, 3.63) is 94.0 Å². The number of hydrogen-bond donors (Lipinski definition) is 1. The Morgan fingerprint density at radius 2 is 1.56 bits per heavy atom. The standard InChI is InChI=1S/C19H13N5O/c25-19-17(18(23-24-19)20-14-9-2-1-3-10-14)22-21-16-12-6-8-13-7-4-5-11-15(13)16/h1-12,21H. The summed E-state index contributed by atoms with van der Waals surface area (Å²) < 4.78 is 0. The zero-order chi connectivity index (χ0) is 17.1. The molecule has 6 nitrogen and oxygen atoms in total. The van der Waals surface area contributed by atoms with Crippen LogP contribution in [0.4, 0.5) is 11.4 Å². The predicted octanol–water partition coefficient (Wildman–Crippen LogP) is 2.03. The smallest absolute Gasteiger partial charge is 0.277 e. The number of hydrogen-bond acceptors (Lipinski definition) is 6. The molecule has 4 rings (SSSR count). The number of rotatable bonds is 3. The molecule has 0 fully saturated rings. The molecule has 0 saturated carbocycles. The Balaban J connectivity index is 1.79. The molecule has 6 heteroatoms. The molecule has 0 aliphatic heterocycles. The van der Waals surface area contributed by atoms with Crippen molar-refractivity contribution in [3.8, 4) is 0 Å². The van der Waals surface area contributed by atoms with Crippen LogP contribution in [0.5, 0.6) is 0 Å². The first kappa shape index (κ1) is 14.9. The number of nitrogens with one attached hydrogen (secondary N) is 1. The van der Waals surface area contributed by atoms with Gasteiger partial charge in [-0.1, -0.05) is 54.6 Å². The Morgan fingerprint density at radius 1 is 0.800 bits per heavy atom. The van der Waals surface area contributed by atoms with Crippen molar-refractivity contribution in [2.75, 3.05) is 5.43 Å². The normalized spacial score (nSPS) is 12.6. The van der Waals surface area contributed by atoms with E-state index in [2.05, 4.69) is 25.7 Å². The first-order valence-corrected chi connectivity index (χ1v) is 7.73. The van der Waals surface area contributed by atoms with Crippen LogP contribution in [-0.4, -0.2) is 10.2 Å². The maximum atomic E-state index is 11.9. The molecule has 1 N–H and O–H groups in total. The minimum atomic E-state index is -0.512. The lowest BCUT2D eigenvalue weighted by Gasteiger charge is -2.04. The SMILES string of the molecule is O=c1nnc(=Nc2ccccc2)c1=NNc1cccc2ccccc12. The van der Waals surface area contributed by atoms with Gasteiger partial charge >= 0.3 is 5.56 Å². The van der Waals surface area contributed by atoms with Gasteiger partial charge in [0.2, 0.25) is 5.49 Å². The van der Waals surface area contributed by atoms with E-state index in [0.29, 0.717) is 5.69 Å². The highest BCUT2D eigenvalue weighted by Gasteiger charge is 2.03. The first-order chi connectivity index (χ1) is 12.3. The molecular formula is C19H13N5O. The maximum absolute atomic E-state index is 11.9. The van der Waals surface area contributed by atoms with Crippen LogP contribution in [0, 0.1) is 0 Å². The lowest BCUT2D eigenvalue weighted by Crippen LogP contribution is -2.34. The second-order valence-electron chi connectivity index (χ2n) is 5.38. The molecule has 0 aliphatic rings. The van der Waals surface area contributed by atoms with Gasteiger partial charge in [0.15, 0.2) is 5.36 Å². The summed E-state index contributed by atoms with van der Waals surface area (Å²) in [7, 11) is 0. The zero-order valence-corrected chi connectivity index (χ0v) is 13.1. The van der Waals surface area contributed by atoms with Gasteiger partial charge in [0.05, 0.1) is 11.4 Å². The minimum absolute atomic E-state index is 0.0942. The quantitative estimate of drug-likeness (QED) is 0.584. The average molecular weight is 327 g/mol. The molecule has 0 atom stereocenters. The third-order valence-electron chi connectivity index (χ3n) is 3.72. The number of fused-ring (bicyclic) bond motifs is 1. The van der Waals surface area contributed by atoms with E-state index in [1.807, 2.05) is 72.8 Å². The van der Waals surface area contributed by atoms with Gasteiger partial charge in [-0.25, -0.2) is 4.99 Å². The van der Waals surface area contributed by atoms with Crippen molar-refractivity contribution in [2.45, 2.75) is 0 Å². The Hall–Kier alpha value is -3.67. The summed E-state index contributed by atoms with van der Waals surface area (Å²) in [5, 5.41) is 13.8. The summed E-state index contributed by atoms with van der Waals surface area (Å²) in [6, 6.07) is 23.0. The fourth-order valence-electron chi connectivity index (χ4n) is 2.52. The lowest BCUT2D eigenvalue weighted by molar-refractivity contribution is 1.00. The molecule has 0 aliphatic carbocycles. The van der Waals surface area contributed by atoms with Crippen molar-refractivity contribution >= 4 is 22.1 Å². The molecule has 0 spiro atoms. The molecule has 0 unspecified atom stereocenters. The molecule has 0 bridgehead atoms. The Labute approximate surface area is 142 Å². The summed E-state index contributed by atoms with van der Waals surface area (Å²) in [6.45, 7) is 0. The molecule has 4 aromatic rings. The van der Waals surface area contributed by atoms with Crippen LogP contribution in [0.25, 0.3) is 10.8 Å². The Bertz CT molecular complexity index is 1190. The molecule has 1 heterocycles. The summed E-state index contributed by atoms with van der Waals surface area (Å²) in [5.41, 5.74) is 4.11. The molecule has 3 aromatic carbocycles. The third kappa shape index (κ3) is 3.05. The summed E-state index contributed by atoms with van der Waals surface area (Å²) in [5.74, 6) is 0. The largest absolute Gasteiger partial charge is 0.319 e. The molecule has 0 radical (unpaired) electrons. The van der Waals surface area contributed by atoms with Gasteiger partial charge in [-0.3, -0.25) is 10.2 Å². The number of anilines is 1. The van der Waals surface area contributed by atoms with Crippen LogP contribution in [0.15, 0.2) is 87.7 Å². The highest BCUT2D eigenvalue weighted by molar-refractivity contribution is 5.93. The highest BCUT2D eigenvalue weighted by atomic mass is 16.1. The second-order valence-corrected chi connectivity index (χ2v) is 5.38. The molecular weight excluding hydrogens is 314 g/mol. The van der Waals surface area contributed by atoms with Gasteiger partial charge in [-0.15, -0.1) is 10.2 Å². The van der Waals surface area contributed by atoms with E-state index in [4.69, 9.17) is 0 Å². The monoisotopic (exact) mass is 327 g/mol. The number of aromatic nitrogens is 2. The van der Waals surface area contributed by atoms with Gasteiger partial charge in [-0.05, 0) is 23.6 Å². The van der Waals surface area contributed by atoms with Gasteiger partial charge in [0, 0.05) is 5.39 Å². The van der Waals surface area contributed by atoms with Crippen LogP contribution in [0.3, 0.4) is 0 Å². The minimum Gasteiger partial charge on any atom is -0.277 e. The van der Waals surface area contributed by atoms with Crippen molar-refractivity contribution in [3.63, 3.8) is 0 Å². The summed E-state index contributed by atoms with van der Waals surface area (Å²) in [4.78, 5) is 16.3. The van der Waals surface area contributed by atoms with Crippen molar-refractivity contribution in [1.29, 1.82) is 0 Å². The van der Waals surface area contributed by atoms with E-state index in [0.717, 1.165) is 16.5 Å². The third-order valence-corrected chi connectivity index (χ3v) is 3.72. The Kier molecular flexibility index (Phi) is 3.84. The van der Waals surface area contributed by atoms with Crippen molar-refractivity contribution in [2.24, 2.45) is 10.1 Å². The topological polar surface area (TPSA) is 79.6 Å². The van der Waals surface area contributed by atoms with E-state index >= 15 is 0 Å². The number of nitrogens with zero attached hydrogens (tertiary/aromatic N) is 4. The van der Waals surface area contributed by atoms with Crippen LogP contribution in [0.2, 0.25) is 0 Å². The Morgan fingerprint density at radius 3 is 2.44 bits per heavy atom. The van der Waals surface area contributed by atoms with E-state index < -0.39 is 5.56 Å². The predicted molar refractivity (Wildman–Crippen MR) is 95.5 cm³/mol. The molecule has 25 heavy (non-hydrogen) atoms. The summed E-state index contributed by atoms with van der Waals surface area (Å²) >= 11 is 0. The molecule has 1 aromatic heterocycles. The van der Waals surface area contributed by atoms with Crippen molar-refractivity contribution < 1.29 is 0 Å². The van der Waals surface area contributed by atoms with Crippen LogP contribution >= 0.6 is 0 Å². The van der Waals surface area contributed by atoms with E-state index in [-0.39, 0.29) is 10.8 Å². The summed E-state index contributed by atoms with van der Waals surface area (Å²) in [6.07, 6.45) is 0. The van der Waals surface area contributed by atoms with Crippen molar-refractivity contribution in [1.82, 2.24) is 10.2 Å². The molecule has 0 saturated heterocycles. The molecule has 120 valence electrons. The fourth-order valence-corrected chi connectivity index (χ4v) is 2.52. The van der Waals surface area contributed by atoms with Crippen LogP contribution in [0.1, 0.15) is 0 Å². The van der Waals surface area contributed by atoms with Gasteiger partial charge in [0.1, 0.15) is 0 Å². The number of benzene rings is 3. The van der Waals surface area contributed by atoms with E-state index in [1.165, 1.54) is 0 Å². The van der Waals surface area contributed by atoms with Gasteiger partial charge in [0.25, 0.3) is 0 Å².